The van der Waals surface area contributed by atoms with Crippen molar-refractivity contribution in [2.45, 2.75) is 148 Å². The van der Waals surface area contributed by atoms with Crippen LogP contribution < -0.4 is 0 Å². The van der Waals surface area contributed by atoms with Crippen LogP contribution in [0.25, 0.3) is 0 Å². The van der Waals surface area contributed by atoms with Crippen LogP contribution in [0.2, 0.25) is 0 Å². The van der Waals surface area contributed by atoms with E-state index in [0.717, 1.165) is 32.1 Å². The maximum Gasteiger partial charge on any atom is 0.306 e. The van der Waals surface area contributed by atoms with Crippen molar-refractivity contribution in [3.63, 3.8) is 0 Å². The molecule has 0 aliphatic heterocycles. The number of aliphatic carboxylic acids is 1. The number of hydrogen-bond donors (Lipinski definition) is 1. The maximum atomic E-state index is 12.1. The van der Waals surface area contributed by atoms with E-state index in [1.807, 2.05) is 0 Å². The molecule has 182 valence electrons. The van der Waals surface area contributed by atoms with Crippen LogP contribution in [0, 0.1) is 0 Å². The van der Waals surface area contributed by atoms with Crippen molar-refractivity contribution in [2.75, 3.05) is 0 Å². The molecule has 0 spiro atoms. The Morgan fingerprint density at radius 3 is 1.77 bits per heavy atom. The number of ether oxygens (including phenoxy) is 1. The molecule has 0 aromatic carbocycles. The summed E-state index contributed by atoms with van der Waals surface area (Å²) in [5.41, 5.74) is 0. The Morgan fingerprint density at radius 2 is 1.19 bits per heavy atom. The molecule has 0 aliphatic carbocycles. The lowest BCUT2D eigenvalue weighted by Crippen LogP contribution is -2.18. The molecule has 0 rings (SSSR count). The molecular formula is C27H50O4. The summed E-state index contributed by atoms with van der Waals surface area (Å²) < 4.78 is 5.61. The Labute approximate surface area is 192 Å². The number of carbonyl (C=O) groups excluding carboxylic acids is 1. The summed E-state index contributed by atoms with van der Waals surface area (Å²) in [4.78, 5) is 22.8. The van der Waals surface area contributed by atoms with Gasteiger partial charge in [-0.25, -0.2) is 0 Å². The zero-order valence-corrected chi connectivity index (χ0v) is 20.5. The van der Waals surface area contributed by atoms with Crippen molar-refractivity contribution in [3.8, 4) is 0 Å². The summed E-state index contributed by atoms with van der Waals surface area (Å²) in [6, 6.07) is 0. The number of carbonyl (C=O) groups is 2. The SMILES string of the molecule is CCCCCCCC/C=C\CCCCCCCC(=O)OC(CCCC)CCCC(=O)O. The van der Waals surface area contributed by atoms with Gasteiger partial charge in [0, 0.05) is 12.8 Å². The van der Waals surface area contributed by atoms with E-state index in [2.05, 4.69) is 26.0 Å². The van der Waals surface area contributed by atoms with E-state index in [1.165, 1.54) is 70.6 Å². The third-order valence-electron chi connectivity index (χ3n) is 5.74. The highest BCUT2D eigenvalue weighted by molar-refractivity contribution is 5.69. The van der Waals surface area contributed by atoms with Crippen LogP contribution in [0.5, 0.6) is 0 Å². The van der Waals surface area contributed by atoms with Crippen LogP contribution in [-0.2, 0) is 14.3 Å². The van der Waals surface area contributed by atoms with Gasteiger partial charge in [-0.1, -0.05) is 90.2 Å². The van der Waals surface area contributed by atoms with E-state index in [0.29, 0.717) is 19.3 Å². The lowest BCUT2D eigenvalue weighted by atomic mass is 10.1. The van der Waals surface area contributed by atoms with Gasteiger partial charge in [0.2, 0.25) is 0 Å². The molecule has 0 fully saturated rings. The van der Waals surface area contributed by atoms with Gasteiger partial charge in [-0.15, -0.1) is 0 Å². The summed E-state index contributed by atoms with van der Waals surface area (Å²) >= 11 is 0. The van der Waals surface area contributed by atoms with Gasteiger partial charge in [0.05, 0.1) is 0 Å². The first kappa shape index (κ1) is 29.7. The molecule has 0 bridgehead atoms. The molecule has 0 aromatic rings. The third kappa shape index (κ3) is 23.2. The summed E-state index contributed by atoms with van der Waals surface area (Å²) in [5, 5.41) is 8.78. The van der Waals surface area contributed by atoms with Gasteiger partial charge < -0.3 is 9.84 Å². The second-order valence-electron chi connectivity index (χ2n) is 8.87. The second kappa shape index (κ2) is 23.3. The molecule has 4 heteroatoms. The fourth-order valence-electron chi connectivity index (χ4n) is 3.76. The summed E-state index contributed by atoms with van der Waals surface area (Å²) in [6.45, 7) is 4.37. The Hall–Kier alpha value is -1.32. The Kier molecular flexibility index (Phi) is 22.4. The molecule has 0 heterocycles. The molecule has 0 saturated heterocycles. The number of carboxylic acids is 1. The Bertz CT molecular complexity index is 445. The van der Waals surface area contributed by atoms with E-state index < -0.39 is 5.97 Å². The van der Waals surface area contributed by atoms with Crippen molar-refractivity contribution in [1.82, 2.24) is 0 Å². The quantitative estimate of drug-likeness (QED) is 0.0988. The number of carboxylic acid groups (broad SMARTS) is 1. The minimum Gasteiger partial charge on any atom is -0.481 e. The van der Waals surface area contributed by atoms with Crippen LogP contribution >= 0.6 is 0 Å². The van der Waals surface area contributed by atoms with E-state index in [9.17, 15) is 9.59 Å². The van der Waals surface area contributed by atoms with Gasteiger partial charge in [0.25, 0.3) is 0 Å². The Morgan fingerprint density at radius 1 is 0.677 bits per heavy atom. The molecule has 1 atom stereocenters. The monoisotopic (exact) mass is 438 g/mol. The summed E-state index contributed by atoms with van der Waals surface area (Å²) in [5.74, 6) is -0.900. The topological polar surface area (TPSA) is 63.6 Å². The molecule has 0 aliphatic rings. The standard InChI is InChI=1S/C27H50O4/c1-3-5-7-8-9-10-11-12-13-14-15-16-17-18-19-24-27(30)31-25(21-6-4-2)22-20-23-26(28)29/h12-13,25H,3-11,14-24H2,1-2H3,(H,28,29)/b13-12-. The third-order valence-corrected chi connectivity index (χ3v) is 5.74. The van der Waals surface area contributed by atoms with E-state index in [1.54, 1.807) is 0 Å². The summed E-state index contributed by atoms with van der Waals surface area (Å²) in [6.07, 6.45) is 25.5. The average Bonchev–Trinajstić information content (AvgIpc) is 2.74. The fourth-order valence-corrected chi connectivity index (χ4v) is 3.76. The van der Waals surface area contributed by atoms with Gasteiger partial charge in [0.15, 0.2) is 0 Å². The van der Waals surface area contributed by atoms with Crippen LogP contribution in [-0.4, -0.2) is 23.1 Å². The first-order chi connectivity index (χ1) is 15.1. The first-order valence-electron chi connectivity index (χ1n) is 13.2. The number of rotatable bonds is 23. The normalized spacial score (nSPS) is 12.3. The zero-order valence-electron chi connectivity index (χ0n) is 20.5. The Balaban J connectivity index is 3.61. The van der Waals surface area contributed by atoms with Gasteiger partial charge in [-0.3, -0.25) is 9.59 Å². The largest absolute Gasteiger partial charge is 0.481 e. The zero-order chi connectivity index (χ0) is 23.0. The number of unbranched alkanes of at least 4 members (excludes halogenated alkanes) is 12. The van der Waals surface area contributed by atoms with Gasteiger partial charge >= 0.3 is 11.9 Å². The highest BCUT2D eigenvalue weighted by atomic mass is 16.5. The fraction of sp³-hybridized carbons (Fsp3) is 0.852. The molecule has 0 aromatic heterocycles. The number of esters is 1. The smallest absolute Gasteiger partial charge is 0.306 e. The molecule has 1 unspecified atom stereocenters. The van der Waals surface area contributed by atoms with Gasteiger partial charge in [-0.2, -0.15) is 0 Å². The van der Waals surface area contributed by atoms with Crippen molar-refractivity contribution < 1.29 is 19.4 Å². The minimum absolute atomic E-state index is 0.116. The first-order valence-corrected chi connectivity index (χ1v) is 13.2. The predicted octanol–water partition coefficient (Wildman–Crippen LogP) is 8.38. The average molecular weight is 439 g/mol. The molecule has 0 radical (unpaired) electrons. The van der Waals surface area contributed by atoms with Crippen molar-refractivity contribution in [1.29, 1.82) is 0 Å². The highest BCUT2D eigenvalue weighted by Crippen LogP contribution is 2.15. The molecule has 0 amide bonds. The van der Waals surface area contributed by atoms with E-state index >= 15 is 0 Å². The van der Waals surface area contributed by atoms with E-state index in [4.69, 9.17) is 9.84 Å². The van der Waals surface area contributed by atoms with Gasteiger partial charge in [0.1, 0.15) is 6.10 Å². The van der Waals surface area contributed by atoms with Crippen LogP contribution in [0.4, 0.5) is 0 Å². The van der Waals surface area contributed by atoms with Crippen LogP contribution in [0.3, 0.4) is 0 Å². The highest BCUT2D eigenvalue weighted by Gasteiger charge is 2.14. The predicted molar refractivity (Wildman–Crippen MR) is 130 cm³/mol. The molecule has 31 heavy (non-hydrogen) atoms. The van der Waals surface area contributed by atoms with Crippen molar-refractivity contribution >= 4 is 11.9 Å². The summed E-state index contributed by atoms with van der Waals surface area (Å²) in [7, 11) is 0. The minimum atomic E-state index is -0.783. The van der Waals surface area contributed by atoms with Crippen molar-refractivity contribution in [2.24, 2.45) is 0 Å². The second-order valence-corrected chi connectivity index (χ2v) is 8.87. The molecule has 0 saturated carbocycles. The number of allylic oxidation sites excluding steroid dienone is 2. The lowest BCUT2D eigenvalue weighted by molar-refractivity contribution is -0.150. The van der Waals surface area contributed by atoms with Gasteiger partial charge in [-0.05, 0) is 51.4 Å². The number of hydrogen-bond acceptors (Lipinski definition) is 3. The molecular weight excluding hydrogens is 388 g/mol. The lowest BCUT2D eigenvalue weighted by Gasteiger charge is -2.17. The van der Waals surface area contributed by atoms with Crippen LogP contribution in [0.15, 0.2) is 12.2 Å². The molecule has 1 N–H and O–H groups in total. The molecule has 4 nitrogen and oxygen atoms in total. The van der Waals surface area contributed by atoms with Crippen LogP contribution in [0.1, 0.15) is 142 Å². The van der Waals surface area contributed by atoms with E-state index in [-0.39, 0.29) is 18.5 Å². The maximum absolute atomic E-state index is 12.1. The van der Waals surface area contributed by atoms with Crippen molar-refractivity contribution in [3.05, 3.63) is 12.2 Å².